The molecule has 0 amide bonds. The molecule has 0 rings (SSSR count). The number of aliphatic hydroxyl groups is 4. The number of rotatable bonds is 40. The third-order valence-electron chi connectivity index (χ3n) is 10.4. The topological polar surface area (TPSA) is 173 Å². The van der Waals surface area contributed by atoms with Gasteiger partial charge in [-0.2, -0.15) is 26.3 Å². The summed E-state index contributed by atoms with van der Waals surface area (Å²) < 4.78 is 140. The Kier molecular flexibility index (Phi) is 35.4. The molecule has 0 spiro atoms. The summed E-state index contributed by atoms with van der Waals surface area (Å²) in [5.74, 6) is 0. The fraction of sp³-hybridized carbons (Fsp3) is 1.00. The minimum Gasteiger partial charge on any atom is -0.436 e. The van der Waals surface area contributed by atoms with Gasteiger partial charge in [0, 0.05) is 39.3 Å². The Labute approximate surface area is 439 Å². The second-order valence-electron chi connectivity index (χ2n) is 23.1. The van der Waals surface area contributed by atoms with Gasteiger partial charge in [0.2, 0.25) is 0 Å². The van der Waals surface area contributed by atoms with Crippen LogP contribution in [-0.4, -0.2) is 178 Å². The van der Waals surface area contributed by atoms with E-state index >= 15 is 0 Å². The Hall–Kier alpha value is 0.755. The van der Waals surface area contributed by atoms with Crippen LogP contribution in [0, 0.1) is 0 Å². The molecule has 0 bridgehead atoms. The van der Waals surface area contributed by atoms with Gasteiger partial charge in [0.15, 0.2) is 33.3 Å². The number of ether oxygens (including phenoxy) is 4. The number of hydrogen-bond donors (Lipinski definition) is 4. The van der Waals surface area contributed by atoms with Gasteiger partial charge in [-0.05, 0) is 181 Å². The van der Waals surface area contributed by atoms with Gasteiger partial charge in [-0.3, -0.25) is 0 Å². The van der Waals surface area contributed by atoms with Crippen LogP contribution >= 0.6 is 0 Å². The Bertz CT molecular complexity index is 1340. The van der Waals surface area contributed by atoms with E-state index in [1.807, 2.05) is 52.4 Å². The molecule has 4 unspecified atom stereocenters. The summed E-state index contributed by atoms with van der Waals surface area (Å²) in [4.78, 5) is 0. The molecule has 14 nitrogen and oxygen atoms in total. The Morgan fingerprint density at radius 2 is 0.542 bits per heavy atom. The lowest BCUT2D eigenvalue weighted by Gasteiger charge is -2.44. The third-order valence-corrected chi connectivity index (χ3v) is 42.5. The normalized spacial score (nSPS) is 17.2. The van der Waals surface area contributed by atoms with Crippen LogP contribution < -0.4 is 0 Å². The molecule has 0 fully saturated rings. The predicted octanol–water partition coefficient (Wildman–Crippen LogP) is 11.5. The van der Waals surface area contributed by atoms with Crippen molar-refractivity contribution in [2.24, 2.45) is 0 Å². The van der Waals surface area contributed by atoms with Gasteiger partial charge in [0.1, 0.15) is 0 Å². The van der Waals surface area contributed by atoms with E-state index in [0.717, 1.165) is 49.9 Å². The SMILES string of the molecule is CC(O)COCCC[Si](C)(C)O[Si](C)(C)O[Si](C)(CCC(F)(F)F)O[Si](C)(C)O[Si](C)(C)CCCOCC(C)O.CC(O)COCCC[Si](C)(C)O[Si](C)(CCC(F)(F)F)O[Si](C)(C)CCCOCC(C)O. The molecule has 0 aliphatic rings. The standard InChI is InChI=1S/C24H57F3O8Si5.C20H45F3O6Si3/c1-22(28)20-30-15-12-17-36(3,4)32-38(7,8)34-40(11,19-14-24(25,26)27)35-39(9,10)33-37(5,6)18-13-16-31-21-23(2)29;1-18(24)16-26-11-8-13-30(3,4)28-32(7,15-10-20(21,22)23)29-31(5,6)14-9-12-27-17-19(2)25/h22-23,28-29H,12-21H2,1-11H3;18-19,24-25H,8-17H2,1-7H3. The summed E-state index contributed by atoms with van der Waals surface area (Å²) in [6.45, 7) is 37.2. The largest absolute Gasteiger partial charge is 0.436 e. The first-order valence-electron chi connectivity index (χ1n) is 25.7. The molecular weight excluding hydrogens is 1090 g/mol. The highest BCUT2D eigenvalue weighted by atomic mass is 28.5. The highest BCUT2D eigenvalue weighted by Crippen LogP contribution is 2.36. The maximum absolute atomic E-state index is 13.3. The summed E-state index contributed by atoms with van der Waals surface area (Å²) in [5, 5.41) is 37.2. The van der Waals surface area contributed by atoms with Crippen molar-refractivity contribution < 1.29 is 90.4 Å². The highest BCUT2D eigenvalue weighted by Gasteiger charge is 2.50. The van der Waals surface area contributed by atoms with Crippen LogP contribution in [0.3, 0.4) is 0 Å². The van der Waals surface area contributed by atoms with Gasteiger partial charge in [-0.1, -0.05) is 0 Å². The molecule has 0 aromatic heterocycles. The minimum absolute atomic E-state index is 0.111. The number of halogens is 6. The Balaban J connectivity index is 0. The smallest absolute Gasteiger partial charge is 0.389 e. The van der Waals surface area contributed by atoms with Crippen LogP contribution in [0.25, 0.3) is 0 Å². The molecule has 0 aromatic rings. The lowest BCUT2D eigenvalue weighted by molar-refractivity contribution is -0.132. The van der Waals surface area contributed by atoms with Gasteiger partial charge in [-0.25, -0.2) is 0 Å². The van der Waals surface area contributed by atoms with Gasteiger partial charge >= 0.3 is 46.6 Å². The van der Waals surface area contributed by atoms with Crippen molar-refractivity contribution >= 4 is 67.5 Å². The summed E-state index contributed by atoms with van der Waals surface area (Å²) in [6, 6.07) is 2.78. The minimum atomic E-state index is -4.32. The molecule has 0 radical (unpaired) electrons. The molecule has 0 heterocycles. The molecule has 0 aliphatic heterocycles. The van der Waals surface area contributed by atoms with Gasteiger partial charge in [0.05, 0.1) is 50.8 Å². The van der Waals surface area contributed by atoms with Crippen molar-refractivity contribution in [3.8, 4) is 0 Å². The van der Waals surface area contributed by atoms with Gasteiger partial charge in [0.25, 0.3) is 0 Å². The van der Waals surface area contributed by atoms with Crippen molar-refractivity contribution in [1.29, 1.82) is 0 Å². The second-order valence-corrected chi connectivity index (χ2v) is 55.2. The maximum Gasteiger partial charge on any atom is 0.389 e. The highest BCUT2D eigenvalue weighted by molar-refractivity contribution is 6.91. The average molecular weight is 1190 g/mol. The zero-order chi connectivity index (χ0) is 56.5. The first-order chi connectivity index (χ1) is 32.3. The van der Waals surface area contributed by atoms with Crippen molar-refractivity contribution in [3.63, 3.8) is 0 Å². The summed E-state index contributed by atoms with van der Waals surface area (Å²) in [7, 11) is -21.1. The van der Waals surface area contributed by atoms with E-state index in [4.69, 9.17) is 43.6 Å². The van der Waals surface area contributed by atoms with Gasteiger partial charge in [-0.15, -0.1) is 0 Å². The van der Waals surface area contributed by atoms with E-state index in [-0.39, 0.29) is 38.5 Å². The fourth-order valence-electron chi connectivity index (χ4n) is 8.18. The molecule has 4 N–H and O–H groups in total. The van der Waals surface area contributed by atoms with E-state index in [0.29, 0.717) is 26.4 Å². The van der Waals surface area contributed by atoms with Crippen molar-refractivity contribution in [1.82, 2.24) is 0 Å². The molecule has 28 heteroatoms. The maximum atomic E-state index is 13.3. The quantitative estimate of drug-likeness (QED) is 0.0259. The van der Waals surface area contributed by atoms with Crippen molar-refractivity contribution in [3.05, 3.63) is 0 Å². The first kappa shape index (κ1) is 74.8. The Morgan fingerprint density at radius 1 is 0.333 bits per heavy atom. The molecule has 0 aromatic carbocycles. The predicted molar refractivity (Wildman–Crippen MR) is 293 cm³/mol. The molecule has 0 aliphatic carbocycles. The molecule has 436 valence electrons. The third kappa shape index (κ3) is 45.7. The number of hydrogen-bond acceptors (Lipinski definition) is 14. The van der Waals surface area contributed by atoms with Crippen LogP contribution in [0.1, 0.15) is 66.2 Å². The first-order valence-corrected chi connectivity index (χ1v) is 48.8. The van der Waals surface area contributed by atoms with Crippen LogP contribution in [0.2, 0.25) is 128 Å². The second kappa shape index (κ2) is 34.0. The van der Waals surface area contributed by atoms with Crippen molar-refractivity contribution in [2.75, 3.05) is 52.9 Å². The summed E-state index contributed by atoms with van der Waals surface area (Å²) in [6.07, 6.45) is -9.51. The van der Waals surface area contributed by atoms with Crippen molar-refractivity contribution in [2.45, 2.75) is 231 Å². The lowest BCUT2D eigenvalue weighted by atomic mass is 10.4. The zero-order valence-electron chi connectivity index (χ0n) is 47.6. The Morgan fingerprint density at radius 3 is 0.750 bits per heavy atom. The van der Waals surface area contributed by atoms with Crippen LogP contribution in [0.4, 0.5) is 26.3 Å². The van der Waals surface area contributed by atoms with E-state index in [1.54, 1.807) is 40.8 Å². The monoisotopic (exact) mass is 1190 g/mol. The fourth-order valence-corrected chi connectivity index (χ4v) is 47.4. The van der Waals surface area contributed by atoms with E-state index < -0.39 is 117 Å². The molecule has 0 saturated heterocycles. The van der Waals surface area contributed by atoms with Gasteiger partial charge < -0.3 is 64.1 Å². The lowest BCUT2D eigenvalue weighted by Crippen LogP contribution is -2.60. The van der Waals surface area contributed by atoms with Crippen LogP contribution in [0.5, 0.6) is 0 Å². The molecular formula is C44H102F6O14Si8. The summed E-state index contributed by atoms with van der Waals surface area (Å²) in [5.41, 5.74) is 0. The van der Waals surface area contributed by atoms with E-state index in [9.17, 15) is 46.8 Å². The zero-order valence-corrected chi connectivity index (χ0v) is 55.6. The number of alkyl halides is 6. The van der Waals surface area contributed by atoms with Crippen LogP contribution in [0.15, 0.2) is 0 Å². The van der Waals surface area contributed by atoms with E-state index in [1.165, 1.54) is 0 Å². The molecule has 4 atom stereocenters. The van der Waals surface area contributed by atoms with Crippen LogP contribution in [-0.2, 0) is 43.6 Å². The van der Waals surface area contributed by atoms with E-state index in [2.05, 4.69) is 26.2 Å². The summed E-state index contributed by atoms with van der Waals surface area (Å²) >= 11 is 0. The molecule has 72 heavy (non-hydrogen) atoms. The average Bonchev–Trinajstić information content (AvgIpc) is 3.13. The molecule has 0 saturated carbocycles. The number of aliphatic hydroxyl groups excluding tert-OH is 4.